The minimum atomic E-state index is -0.482. The van der Waals surface area contributed by atoms with Gasteiger partial charge >= 0.3 is 0 Å². The highest BCUT2D eigenvalue weighted by Gasteiger charge is 2.08. The van der Waals surface area contributed by atoms with E-state index in [0.717, 1.165) is 0 Å². The summed E-state index contributed by atoms with van der Waals surface area (Å²) in [6.07, 6.45) is 0.148. The highest BCUT2D eigenvalue weighted by molar-refractivity contribution is 5.92. The van der Waals surface area contributed by atoms with Gasteiger partial charge in [-0.1, -0.05) is 12.1 Å². The Bertz CT molecular complexity index is 685. The van der Waals surface area contributed by atoms with Gasteiger partial charge in [0.25, 0.3) is 5.69 Å². The van der Waals surface area contributed by atoms with E-state index in [2.05, 4.69) is 5.32 Å². The number of amides is 1. The van der Waals surface area contributed by atoms with Crippen LogP contribution < -0.4 is 14.8 Å². The van der Waals surface area contributed by atoms with Gasteiger partial charge in [0, 0.05) is 12.1 Å². The molecule has 2 aromatic rings. The molecule has 1 N–H and O–H groups in total. The zero-order valence-corrected chi connectivity index (χ0v) is 12.5. The van der Waals surface area contributed by atoms with Gasteiger partial charge in [-0.25, -0.2) is 0 Å². The molecule has 0 aromatic heterocycles. The van der Waals surface area contributed by atoms with Gasteiger partial charge in [0.1, 0.15) is 11.5 Å². The molecule has 2 aromatic carbocycles. The Kier molecular flexibility index (Phi) is 5.51. The van der Waals surface area contributed by atoms with E-state index in [1.807, 2.05) is 6.07 Å². The van der Waals surface area contributed by atoms with Crippen LogP contribution in [0.15, 0.2) is 48.5 Å². The molecule has 7 heteroatoms. The van der Waals surface area contributed by atoms with Crippen molar-refractivity contribution < 1.29 is 19.2 Å². The second-order valence-corrected chi connectivity index (χ2v) is 4.60. The maximum atomic E-state index is 11.9. The van der Waals surface area contributed by atoms with Crippen molar-refractivity contribution in [3.8, 4) is 11.5 Å². The standard InChI is InChI=1S/C16H16N2O5/c1-22-15-5-3-2-4-14(15)17-16(19)10-11-23-13-8-6-12(7-9-13)18(20)21/h2-9H,10-11H2,1H3,(H,17,19). The van der Waals surface area contributed by atoms with Crippen LogP contribution >= 0.6 is 0 Å². The van der Waals surface area contributed by atoms with E-state index in [4.69, 9.17) is 9.47 Å². The zero-order chi connectivity index (χ0) is 16.7. The van der Waals surface area contributed by atoms with E-state index in [1.165, 1.54) is 31.4 Å². The number of ether oxygens (including phenoxy) is 2. The number of hydrogen-bond acceptors (Lipinski definition) is 5. The lowest BCUT2D eigenvalue weighted by molar-refractivity contribution is -0.384. The van der Waals surface area contributed by atoms with Gasteiger partial charge < -0.3 is 14.8 Å². The molecule has 0 radical (unpaired) electrons. The Balaban J connectivity index is 1.81. The molecule has 0 spiro atoms. The van der Waals surface area contributed by atoms with Crippen molar-refractivity contribution in [3.63, 3.8) is 0 Å². The highest BCUT2D eigenvalue weighted by atomic mass is 16.6. The Hall–Kier alpha value is -3.09. The van der Waals surface area contributed by atoms with E-state index >= 15 is 0 Å². The summed E-state index contributed by atoms with van der Waals surface area (Å²) in [4.78, 5) is 21.9. The van der Waals surface area contributed by atoms with E-state index in [-0.39, 0.29) is 24.6 Å². The van der Waals surface area contributed by atoms with Gasteiger partial charge in [-0.2, -0.15) is 0 Å². The van der Waals surface area contributed by atoms with Crippen LogP contribution in [0.5, 0.6) is 11.5 Å². The summed E-state index contributed by atoms with van der Waals surface area (Å²) in [5.41, 5.74) is 0.585. The SMILES string of the molecule is COc1ccccc1NC(=O)CCOc1ccc([N+](=O)[O-])cc1. The molecule has 0 aliphatic rings. The fourth-order valence-electron chi connectivity index (χ4n) is 1.89. The Labute approximate surface area is 133 Å². The van der Waals surface area contributed by atoms with Gasteiger partial charge in [-0.3, -0.25) is 14.9 Å². The molecular weight excluding hydrogens is 300 g/mol. The first kappa shape index (κ1) is 16.3. The number of hydrogen-bond donors (Lipinski definition) is 1. The molecule has 0 saturated heterocycles. The number of nitrogens with one attached hydrogen (secondary N) is 1. The molecule has 7 nitrogen and oxygen atoms in total. The minimum absolute atomic E-state index is 0.00809. The van der Waals surface area contributed by atoms with Crippen LogP contribution in [-0.4, -0.2) is 24.5 Å². The Morgan fingerprint density at radius 1 is 1.17 bits per heavy atom. The number of methoxy groups -OCH3 is 1. The molecule has 0 atom stereocenters. The molecule has 1 amide bonds. The van der Waals surface area contributed by atoms with Gasteiger partial charge in [0.05, 0.1) is 30.7 Å². The average molecular weight is 316 g/mol. The number of nitro benzene ring substituents is 1. The van der Waals surface area contributed by atoms with Gasteiger partial charge in [-0.05, 0) is 24.3 Å². The van der Waals surface area contributed by atoms with Crippen molar-refractivity contribution in [3.05, 3.63) is 58.6 Å². The third-order valence-electron chi connectivity index (χ3n) is 3.03. The molecule has 0 heterocycles. The van der Waals surface area contributed by atoms with Crippen molar-refractivity contribution in [2.75, 3.05) is 19.0 Å². The number of nitrogens with zero attached hydrogens (tertiary/aromatic N) is 1. The summed E-state index contributed by atoms with van der Waals surface area (Å²) < 4.78 is 10.5. The Morgan fingerprint density at radius 3 is 2.52 bits per heavy atom. The maximum absolute atomic E-state index is 11.9. The van der Waals surface area contributed by atoms with Gasteiger partial charge in [0.15, 0.2) is 0 Å². The number of benzene rings is 2. The lowest BCUT2D eigenvalue weighted by Crippen LogP contribution is -2.15. The second-order valence-electron chi connectivity index (χ2n) is 4.60. The monoisotopic (exact) mass is 316 g/mol. The quantitative estimate of drug-likeness (QED) is 0.626. The number of carbonyl (C=O) groups is 1. The number of anilines is 1. The first-order chi connectivity index (χ1) is 11.1. The van der Waals surface area contributed by atoms with Crippen molar-refractivity contribution >= 4 is 17.3 Å². The van der Waals surface area contributed by atoms with E-state index in [1.54, 1.807) is 18.2 Å². The number of non-ortho nitro benzene ring substituents is 1. The molecule has 120 valence electrons. The van der Waals surface area contributed by atoms with Crippen LogP contribution in [0.2, 0.25) is 0 Å². The van der Waals surface area contributed by atoms with Crippen molar-refractivity contribution in [2.45, 2.75) is 6.42 Å². The largest absolute Gasteiger partial charge is 0.495 e. The smallest absolute Gasteiger partial charge is 0.269 e. The van der Waals surface area contributed by atoms with Crippen LogP contribution in [0.25, 0.3) is 0 Å². The molecule has 0 fully saturated rings. The van der Waals surface area contributed by atoms with Crippen LogP contribution in [0.1, 0.15) is 6.42 Å². The van der Waals surface area contributed by atoms with Gasteiger partial charge in [-0.15, -0.1) is 0 Å². The molecule has 0 bridgehead atoms. The predicted octanol–water partition coefficient (Wildman–Crippen LogP) is 3.01. The van der Waals surface area contributed by atoms with E-state index in [0.29, 0.717) is 17.2 Å². The summed E-state index contributed by atoms with van der Waals surface area (Å²) >= 11 is 0. The molecule has 0 saturated carbocycles. The summed E-state index contributed by atoms with van der Waals surface area (Å²) in [5.74, 6) is 0.842. The predicted molar refractivity (Wildman–Crippen MR) is 84.8 cm³/mol. The molecule has 0 unspecified atom stereocenters. The summed E-state index contributed by atoms with van der Waals surface area (Å²) in [6, 6.07) is 12.8. The number of nitro groups is 1. The minimum Gasteiger partial charge on any atom is -0.495 e. The first-order valence-electron chi connectivity index (χ1n) is 6.90. The lowest BCUT2D eigenvalue weighted by atomic mass is 10.3. The van der Waals surface area contributed by atoms with Crippen LogP contribution in [0.4, 0.5) is 11.4 Å². The third kappa shape index (κ3) is 4.70. The second kappa shape index (κ2) is 7.79. The first-order valence-corrected chi connectivity index (χ1v) is 6.90. The lowest BCUT2D eigenvalue weighted by Gasteiger charge is -2.10. The van der Waals surface area contributed by atoms with Crippen LogP contribution in [0.3, 0.4) is 0 Å². The van der Waals surface area contributed by atoms with Gasteiger partial charge in [0.2, 0.25) is 5.91 Å². The molecule has 0 aliphatic heterocycles. The van der Waals surface area contributed by atoms with E-state index < -0.39 is 4.92 Å². The Morgan fingerprint density at radius 2 is 1.87 bits per heavy atom. The zero-order valence-electron chi connectivity index (χ0n) is 12.5. The summed E-state index contributed by atoms with van der Waals surface area (Å²) in [7, 11) is 1.53. The molecule has 0 aliphatic carbocycles. The van der Waals surface area contributed by atoms with E-state index in [9.17, 15) is 14.9 Å². The summed E-state index contributed by atoms with van der Waals surface area (Å²) in [6.45, 7) is 0.165. The molecule has 23 heavy (non-hydrogen) atoms. The highest BCUT2D eigenvalue weighted by Crippen LogP contribution is 2.23. The van der Waals surface area contributed by atoms with Crippen LogP contribution in [-0.2, 0) is 4.79 Å². The summed E-state index contributed by atoms with van der Waals surface area (Å²) in [5, 5.41) is 13.3. The van der Waals surface area contributed by atoms with Crippen molar-refractivity contribution in [2.24, 2.45) is 0 Å². The van der Waals surface area contributed by atoms with Crippen molar-refractivity contribution in [1.29, 1.82) is 0 Å². The topological polar surface area (TPSA) is 90.7 Å². The molecular formula is C16H16N2O5. The average Bonchev–Trinajstić information content (AvgIpc) is 2.56. The normalized spacial score (nSPS) is 9.96. The number of carbonyl (C=O) groups excluding carboxylic acids is 1. The van der Waals surface area contributed by atoms with Crippen molar-refractivity contribution in [1.82, 2.24) is 0 Å². The maximum Gasteiger partial charge on any atom is 0.269 e. The fraction of sp³-hybridized carbons (Fsp3) is 0.188. The fourth-order valence-corrected chi connectivity index (χ4v) is 1.89. The number of para-hydroxylation sites is 2. The molecule has 2 rings (SSSR count). The number of rotatable bonds is 7. The third-order valence-corrected chi connectivity index (χ3v) is 3.03. The van der Waals surface area contributed by atoms with Crippen LogP contribution in [0, 0.1) is 10.1 Å².